The van der Waals surface area contributed by atoms with Crippen LogP contribution in [-0.2, 0) is 0 Å². The molecule has 0 radical (unpaired) electrons. The third-order valence-electron chi connectivity index (χ3n) is 4.90. The highest BCUT2D eigenvalue weighted by Gasteiger charge is 2.25. The maximum Gasteiger partial charge on any atom is 0.289 e. The summed E-state index contributed by atoms with van der Waals surface area (Å²) in [5.74, 6) is -0.415. The molecule has 5 nitrogen and oxygen atoms in total. The minimum atomic E-state index is -0.417. The Bertz CT molecular complexity index is 986. The highest BCUT2D eigenvalue weighted by atomic mass is 19.1. The van der Waals surface area contributed by atoms with E-state index in [0.717, 1.165) is 5.39 Å². The van der Waals surface area contributed by atoms with Crippen molar-refractivity contribution in [2.24, 2.45) is 0 Å². The number of amides is 1. The molecule has 0 spiro atoms. The standard InChI is InChI=1S/C21H19FN2O3/c1-14(25)15-6-7-18(17(22)12-15)23-8-10-24(11-9-23)21(26)20-13-16-4-2-3-5-19(16)27-20/h2-7,12-13H,8-11H2,1H3. The van der Waals surface area contributed by atoms with Crippen LogP contribution in [0.2, 0.25) is 0 Å². The average molecular weight is 366 g/mol. The molecule has 3 aromatic rings. The Morgan fingerprint density at radius 3 is 2.41 bits per heavy atom. The van der Waals surface area contributed by atoms with Crippen LogP contribution in [0.5, 0.6) is 0 Å². The molecule has 4 rings (SSSR count). The molecule has 1 aliphatic rings. The van der Waals surface area contributed by atoms with Crippen LogP contribution in [0.1, 0.15) is 27.8 Å². The number of nitrogens with zero attached hydrogens (tertiary/aromatic N) is 2. The Morgan fingerprint density at radius 2 is 1.74 bits per heavy atom. The molecular weight excluding hydrogens is 347 g/mol. The first-order chi connectivity index (χ1) is 13.0. The summed E-state index contributed by atoms with van der Waals surface area (Å²) in [7, 11) is 0. The van der Waals surface area contributed by atoms with Crippen LogP contribution in [0.3, 0.4) is 0 Å². The minimum absolute atomic E-state index is 0.154. The minimum Gasteiger partial charge on any atom is -0.451 e. The second-order valence-corrected chi connectivity index (χ2v) is 6.65. The summed E-state index contributed by atoms with van der Waals surface area (Å²) >= 11 is 0. The van der Waals surface area contributed by atoms with Crippen molar-refractivity contribution in [1.29, 1.82) is 0 Å². The zero-order chi connectivity index (χ0) is 19.0. The Morgan fingerprint density at radius 1 is 1.00 bits per heavy atom. The molecule has 1 aliphatic heterocycles. The fourth-order valence-corrected chi connectivity index (χ4v) is 3.38. The predicted molar refractivity (Wildman–Crippen MR) is 101 cm³/mol. The fraction of sp³-hybridized carbons (Fsp3) is 0.238. The first kappa shape index (κ1) is 17.3. The van der Waals surface area contributed by atoms with Gasteiger partial charge in [-0.15, -0.1) is 0 Å². The number of Topliss-reactive ketones (excluding diaryl/α,β-unsaturated/α-hetero) is 1. The molecule has 0 aliphatic carbocycles. The van der Waals surface area contributed by atoms with Gasteiger partial charge in [-0.05, 0) is 37.3 Å². The zero-order valence-corrected chi connectivity index (χ0v) is 14.9. The molecule has 2 heterocycles. The maximum absolute atomic E-state index is 14.3. The number of piperazine rings is 1. The van der Waals surface area contributed by atoms with Crippen molar-refractivity contribution >= 4 is 28.3 Å². The number of para-hydroxylation sites is 1. The molecular formula is C21H19FN2O3. The normalized spacial score (nSPS) is 14.6. The van der Waals surface area contributed by atoms with E-state index in [2.05, 4.69) is 0 Å². The molecule has 0 atom stereocenters. The number of rotatable bonds is 3. The Balaban J connectivity index is 1.45. The molecule has 1 aromatic heterocycles. The number of ketones is 1. The van der Waals surface area contributed by atoms with Gasteiger partial charge in [0.2, 0.25) is 0 Å². The predicted octanol–water partition coefficient (Wildman–Crippen LogP) is 3.74. The van der Waals surface area contributed by atoms with Crippen molar-refractivity contribution in [2.45, 2.75) is 6.92 Å². The summed E-state index contributed by atoms with van der Waals surface area (Å²) < 4.78 is 20.0. The van der Waals surface area contributed by atoms with Gasteiger partial charge in [0.1, 0.15) is 11.4 Å². The van der Waals surface area contributed by atoms with Crippen LogP contribution in [0, 0.1) is 5.82 Å². The quantitative estimate of drug-likeness (QED) is 0.663. The summed E-state index contributed by atoms with van der Waals surface area (Å²) in [5, 5.41) is 0.895. The molecule has 0 N–H and O–H groups in total. The maximum atomic E-state index is 14.3. The number of carbonyl (C=O) groups is 2. The van der Waals surface area contributed by atoms with Crippen LogP contribution in [-0.4, -0.2) is 42.8 Å². The summed E-state index contributed by atoms with van der Waals surface area (Å²) in [4.78, 5) is 27.7. The molecule has 27 heavy (non-hydrogen) atoms. The topological polar surface area (TPSA) is 53.8 Å². The average Bonchev–Trinajstić information content (AvgIpc) is 3.11. The van der Waals surface area contributed by atoms with E-state index >= 15 is 0 Å². The fourth-order valence-electron chi connectivity index (χ4n) is 3.38. The molecule has 0 bridgehead atoms. The highest BCUT2D eigenvalue weighted by Crippen LogP contribution is 2.24. The van der Waals surface area contributed by atoms with Crippen LogP contribution in [0.25, 0.3) is 11.0 Å². The lowest BCUT2D eigenvalue weighted by Crippen LogP contribution is -2.49. The first-order valence-corrected chi connectivity index (χ1v) is 8.86. The van der Waals surface area contributed by atoms with Crippen molar-refractivity contribution in [3.8, 4) is 0 Å². The number of fused-ring (bicyclic) bond motifs is 1. The van der Waals surface area contributed by atoms with Crippen LogP contribution in [0.15, 0.2) is 52.9 Å². The monoisotopic (exact) mass is 366 g/mol. The van der Waals surface area contributed by atoms with Crippen molar-refractivity contribution in [3.05, 3.63) is 65.7 Å². The first-order valence-electron chi connectivity index (χ1n) is 8.86. The lowest BCUT2D eigenvalue weighted by atomic mass is 10.1. The SMILES string of the molecule is CC(=O)c1ccc(N2CCN(C(=O)c3cc4ccccc4o3)CC2)c(F)c1. The van der Waals surface area contributed by atoms with Crippen molar-refractivity contribution < 1.29 is 18.4 Å². The smallest absolute Gasteiger partial charge is 0.289 e. The molecule has 138 valence electrons. The van der Waals surface area contributed by atoms with Gasteiger partial charge in [0, 0.05) is 37.1 Å². The Labute approximate surface area is 156 Å². The summed E-state index contributed by atoms with van der Waals surface area (Å²) in [6, 6.07) is 13.8. The molecule has 2 aromatic carbocycles. The number of furan rings is 1. The molecule has 0 saturated carbocycles. The third kappa shape index (κ3) is 3.30. The van der Waals surface area contributed by atoms with Gasteiger partial charge in [-0.2, -0.15) is 0 Å². The molecule has 1 saturated heterocycles. The van der Waals surface area contributed by atoms with E-state index in [1.807, 2.05) is 29.2 Å². The van der Waals surface area contributed by atoms with E-state index in [1.54, 1.807) is 23.1 Å². The summed E-state index contributed by atoms with van der Waals surface area (Å²) in [5.41, 5.74) is 1.50. The number of anilines is 1. The highest BCUT2D eigenvalue weighted by molar-refractivity contribution is 5.96. The van der Waals surface area contributed by atoms with Gasteiger partial charge in [0.25, 0.3) is 5.91 Å². The Kier molecular flexibility index (Phi) is 4.39. The Hall–Kier alpha value is -3.15. The van der Waals surface area contributed by atoms with Gasteiger partial charge >= 0.3 is 0 Å². The van der Waals surface area contributed by atoms with E-state index < -0.39 is 5.82 Å². The molecule has 1 amide bonds. The van der Waals surface area contributed by atoms with E-state index in [-0.39, 0.29) is 11.7 Å². The van der Waals surface area contributed by atoms with Gasteiger partial charge in [-0.25, -0.2) is 4.39 Å². The molecule has 6 heteroatoms. The zero-order valence-electron chi connectivity index (χ0n) is 14.9. The van der Waals surface area contributed by atoms with Gasteiger partial charge in [-0.3, -0.25) is 9.59 Å². The van der Waals surface area contributed by atoms with Gasteiger partial charge in [-0.1, -0.05) is 18.2 Å². The van der Waals surface area contributed by atoms with E-state index in [0.29, 0.717) is 48.8 Å². The second kappa shape index (κ2) is 6.87. The van der Waals surface area contributed by atoms with Gasteiger partial charge in [0.05, 0.1) is 5.69 Å². The van der Waals surface area contributed by atoms with Crippen LogP contribution in [0.4, 0.5) is 10.1 Å². The second-order valence-electron chi connectivity index (χ2n) is 6.65. The van der Waals surface area contributed by atoms with E-state index in [1.165, 1.54) is 13.0 Å². The lowest BCUT2D eigenvalue weighted by molar-refractivity contribution is 0.0716. The van der Waals surface area contributed by atoms with E-state index in [9.17, 15) is 14.0 Å². The molecule has 1 fully saturated rings. The largest absolute Gasteiger partial charge is 0.451 e. The number of halogens is 1. The summed E-state index contributed by atoms with van der Waals surface area (Å²) in [6.07, 6.45) is 0. The van der Waals surface area contributed by atoms with Crippen molar-refractivity contribution in [1.82, 2.24) is 4.90 Å². The van der Waals surface area contributed by atoms with Crippen molar-refractivity contribution in [3.63, 3.8) is 0 Å². The number of carbonyl (C=O) groups excluding carboxylic acids is 2. The third-order valence-corrected chi connectivity index (χ3v) is 4.90. The lowest BCUT2D eigenvalue weighted by Gasteiger charge is -2.35. The van der Waals surface area contributed by atoms with Gasteiger partial charge in [0.15, 0.2) is 11.5 Å². The van der Waals surface area contributed by atoms with Gasteiger partial charge < -0.3 is 14.2 Å². The van der Waals surface area contributed by atoms with E-state index in [4.69, 9.17) is 4.42 Å². The number of hydrogen-bond acceptors (Lipinski definition) is 4. The number of hydrogen-bond donors (Lipinski definition) is 0. The van der Waals surface area contributed by atoms with Crippen LogP contribution < -0.4 is 4.90 Å². The van der Waals surface area contributed by atoms with Crippen LogP contribution >= 0.6 is 0 Å². The van der Waals surface area contributed by atoms with Crippen molar-refractivity contribution in [2.75, 3.05) is 31.1 Å². The number of benzene rings is 2. The summed E-state index contributed by atoms with van der Waals surface area (Å²) in [6.45, 7) is 3.40. The molecule has 0 unspecified atom stereocenters.